The van der Waals surface area contributed by atoms with E-state index in [-0.39, 0.29) is 5.91 Å². The van der Waals surface area contributed by atoms with Gasteiger partial charge in [0.05, 0.1) is 5.60 Å². The minimum Gasteiger partial charge on any atom is -0.448 e. The van der Waals surface area contributed by atoms with E-state index in [1.54, 1.807) is 11.8 Å². The number of rotatable bonds is 2. The Morgan fingerprint density at radius 2 is 2.26 bits per heavy atom. The van der Waals surface area contributed by atoms with E-state index >= 15 is 0 Å². The molecule has 1 aromatic heterocycles. The number of nitrogens with zero attached hydrogens (tertiary/aromatic N) is 2. The first-order chi connectivity index (χ1) is 9.05. The van der Waals surface area contributed by atoms with Gasteiger partial charge in [0, 0.05) is 19.0 Å². The Morgan fingerprint density at radius 3 is 2.89 bits per heavy atom. The number of hydrogen-bond donors (Lipinski definition) is 1. The van der Waals surface area contributed by atoms with Gasteiger partial charge in [-0.05, 0) is 26.2 Å². The van der Waals surface area contributed by atoms with E-state index < -0.39 is 5.60 Å². The molecule has 2 fully saturated rings. The van der Waals surface area contributed by atoms with Gasteiger partial charge in [-0.15, -0.1) is 0 Å². The summed E-state index contributed by atoms with van der Waals surface area (Å²) in [5, 5.41) is 9.90. The molecule has 2 heterocycles. The van der Waals surface area contributed by atoms with Crippen LogP contribution in [0, 0.1) is 0 Å². The van der Waals surface area contributed by atoms with Crippen LogP contribution in [0.2, 0.25) is 0 Å². The summed E-state index contributed by atoms with van der Waals surface area (Å²) >= 11 is 0. The molecule has 0 spiro atoms. The number of oxazole rings is 1. The van der Waals surface area contributed by atoms with Crippen LogP contribution in [0.1, 0.15) is 61.3 Å². The summed E-state index contributed by atoms with van der Waals surface area (Å²) < 4.78 is 5.46. The molecule has 0 aromatic carbocycles. The topological polar surface area (TPSA) is 66.6 Å². The molecule has 0 bridgehead atoms. The third-order valence-electron chi connectivity index (χ3n) is 4.18. The van der Waals surface area contributed by atoms with Crippen LogP contribution in [0.3, 0.4) is 0 Å². The predicted molar refractivity (Wildman–Crippen MR) is 68.9 cm³/mol. The van der Waals surface area contributed by atoms with Crippen LogP contribution >= 0.6 is 0 Å². The molecule has 5 nitrogen and oxygen atoms in total. The third-order valence-corrected chi connectivity index (χ3v) is 4.18. The fourth-order valence-electron chi connectivity index (χ4n) is 3.03. The molecule has 1 atom stereocenters. The van der Waals surface area contributed by atoms with Crippen LogP contribution in [-0.4, -0.2) is 39.6 Å². The van der Waals surface area contributed by atoms with Crippen LogP contribution in [0.15, 0.2) is 10.7 Å². The molecule has 1 aliphatic heterocycles. The average molecular weight is 264 g/mol. The van der Waals surface area contributed by atoms with E-state index in [0.717, 1.165) is 12.8 Å². The lowest BCUT2D eigenvalue weighted by molar-refractivity contribution is 0.0569. The van der Waals surface area contributed by atoms with Crippen molar-refractivity contribution in [1.29, 1.82) is 0 Å². The van der Waals surface area contributed by atoms with Crippen LogP contribution in [0.25, 0.3) is 0 Å². The lowest BCUT2D eigenvalue weighted by Crippen LogP contribution is -2.34. The SMILES string of the molecule is C[C@@]1(O)CCN(C(=O)c2coc(C3CCCC3)n2)C1. The standard InChI is InChI=1S/C14H20N2O3/c1-14(18)6-7-16(9-14)13(17)11-8-19-12(15-11)10-4-2-3-5-10/h8,10,18H,2-7,9H2,1H3/t14-/m1/s1. The predicted octanol–water partition coefficient (Wildman–Crippen LogP) is 1.93. The number of β-amino-alcohol motifs (C(OH)–C–C–N with tert-alkyl or cyclic N) is 1. The average Bonchev–Trinajstić information content (AvgIpc) is 3.06. The molecule has 1 saturated heterocycles. The third kappa shape index (κ3) is 2.52. The van der Waals surface area contributed by atoms with Crippen molar-refractivity contribution in [3.8, 4) is 0 Å². The number of likely N-dealkylation sites (tertiary alicyclic amines) is 1. The van der Waals surface area contributed by atoms with Crippen LogP contribution < -0.4 is 0 Å². The van der Waals surface area contributed by atoms with E-state index in [1.807, 2.05) is 0 Å². The monoisotopic (exact) mass is 264 g/mol. The Labute approximate surface area is 112 Å². The summed E-state index contributed by atoms with van der Waals surface area (Å²) in [4.78, 5) is 18.2. The normalized spacial score (nSPS) is 28.2. The van der Waals surface area contributed by atoms with Crippen LogP contribution in [0.4, 0.5) is 0 Å². The van der Waals surface area contributed by atoms with Crippen molar-refractivity contribution < 1.29 is 14.3 Å². The fourth-order valence-corrected chi connectivity index (χ4v) is 3.03. The van der Waals surface area contributed by atoms with Gasteiger partial charge in [0.15, 0.2) is 11.6 Å². The van der Waals surface area contributed by atoms with Gasteiger partial charge < -0.3 is 14.4 Å². The number of hydrogen-bond acceptors (Lipinski definition) is 4. The number of aliphatic hydroxyl groups is 1. The molecular weight excluding hydrogens is 244 g/mol. The summed E-state index contributed by atoms with van der Waals surface area (Å²) in [7, 11) is 0. The van der Waals surface area contributed by atoms with Crippen molar-refractivity contribution in [3.05, 3.63) is 17.8 Å². The molecule has 19 heavy (non-hydrogen) atoms. The molecule has 1 aliphatic carbocycles. The number of carbonyl (C=O) groups excluding carboxylic acids is 1. The van der Waals surface area contributed by atoms with Crippen molar-refractivity contribution >= 4 is 5.91 Å². The maximum atomic E-state index is 12.3. The largest absolute Gasteiger partial charge is 0.448 e. The molecule has 1 aromatic rings. The molecule has 0 unspecified atom stereocenters. The highest BCUT2D eigenvalue weighted by atomic mass is 16.3. The zero-order valence-electron chi connectivity index (χ0n) is 11.3. The van der Waals surface area contributed by atoms with E-state index in [2.05, 4.69) is 4.98 Å². The minimum atomic E-state index is -0.770. The first-order valence-corrected chi connectivity index (χ1v) is 7.02. The first kappa shape index (κ1) is 12.7. The van der Waals surface area contributed by atoms with Crippen molar-refractivity contribution in [2.45, 2.75) is 50.5 Å². The molecule has 5 heteroatoms. The molecule has 104 valence electrons. The second kappa shape index (κ2) is 4.63. The minimum absolute atomic E-state index is 0.134. The summed E-state index contributed by atoms with van der Waals surface area (Å²) in [6, 6.07) is 0. The quantitative estimate of drug-likeness (QED) is 0.886. The zero-order valence-corrected chi connectivity index (χ0v) is 11.3. The van der Waals surface area contributed by atoms with Gasteiger partial charge in [0.1, 0.15) is 6.26 Å². The maximum Gasteiger partial charge on any atom is 0.275 e. The second-order valence-corrected chi connectivity index (χ2v) is 6.03. The van der Waals surface area contributed by atoms with Crippen molar-refractivity contribution in [1.82, 2.24) is 9.88 Å². The van der Waals surface area contributed by atoms with E-state index in [0.29, 0.717) is 37.0 Å². The van der Waals surface area contributed by atoms with E-state index in [9.17, 15) is 9.90 Å². The van der Waals surface area contributed by atoms with Gasteiger partial charge >= 0.3 is 0 Å². The summed E-state index contributed by atoms with van der Waals surface area (Å²) in [5.74, 6) is 0.945. The second-order valence-electron chi connectivity index (χ2n) is 6.03. The first-order valence-electron chi connectivity index (χ1n) is 7.02. The molecule has 1 saturated carbocycles. The molecule has 3 rings (SSSR count). The molecule has 0 radical (unpaired) electrons. The highest BCUT2D eigenvalue weighted by Gasteiger charge is 2.35. The van der Waals surface area contributed by atoms with Gasteiger partial charge in [0.25, 0.3) is 5.91 Å². The Kier molecular flexibility index (Phi) is 3.09. The smallest absolute Gasteiger partial charge is 0.275 e. The Bertz CT molecular complexity index is 475. The fraction of sp³-hybridized carbons (Fsp3) is 0.714. The summed E-state index contributed by atoms with van der Waals surface area (Å²) in [6.45, 7) is 2.71. The Balaban J connectivity index is 1.70. The molecule has 1 N–H and O–H groups in total. The van der Waals surface area contributed by atoms with Crippen LogP contribution in [0.5, 0.6) is 0 Å². The Morgan fingerprint density at radius 1 is 1.53 bits per heavy atom. The van der Waals surface area contributed by atoms with Gasteiger partial charge in [-0.25, -0.2) is 4.98 Å². The Hall–Kier alpha value is -1.36. The lowest BCUT2D eigenvalue weighted by atomic mass is 10.1. The summed E-state index contributed by atoms with van der Waals surface area (Å²) in [5.41, 5.74) is -0.396. The van der Waals surface area contributed by atoms with Crippen LogP contribution in [-0.2, 0) is 0 Å². The van der Waals surface area contributed by atoms with Gasteiger partial charge in [-0.1, -0.05) is 12.8 Å². The van der Waals surface area contributed by atoms with E-state index in [4.69, 9.17) is 4.42 Å². The molecule has 1 amide bonds. The molecular formula is C14H20N2O3. The van der Waals surface area contributed by atoms with Crippen molar-refractivity contribution in [2.24, 2.45) is 0 Å². The molecule has 2 aliphatic rings. The van der Waals surface area contributed by atoms with E-state index in [1.165, 1.54) is 19.1 Å². The lowest BCUT2D eigenvalue weighted by Gasteiger charge is -2.17. The zero-order chi connectivity index (χ0) is 13.5. The summed E-state index contributed by atoms with van der Waals surface area (Å²) in [6.07, 6.45) is 6.71. The van der Waals surface area contributed by atoms with Gasteiger partial charge in [0.2, 0.25) is 0 Å². The maximum absolute atomic E-state index is 12.3. The van der Waals surface area contributed by atoms with Gasteiger partial charge in [-0.2, -0.15) is 0 Å². The van der Waals surface area contributed by atoms with Crippen molar-refractivity contribution in [3.63, 3.8) is 0 Å². The number of aromatic nitrogens is 1. The van der Waals surface area contributed by atoms with Gasteiger partial charge in [-0.3, -0.25) is 4.79 Å². The highest BCUT2D eigenvalue weighted by molar-refractivity contribution is 5.92. The number of carbonyl (C=O) groups is 1. The number of amides is 1. The highest BCUT2D eigenvalue weighted by Crippen LogP contribution is 2.33. The van der Waals surface area contributed by atoms with Crippen molar-refractivity contribution in [2.75, 3.05) is 13.1 Å².